The van der Waals surface area contributed by atoms with Crippen molar-refractivity contribution >= 4 is 44.4 Å². The molecule has 0 spiro atoms. The largest absolute Gasteiger partial charge is 0.391 e. The predicted molar refractivity (Wildman–Crippen MR) is 84.7 cm³/mol. The fourth-order valence-electron chi connectivity index (χ4n) is 1.60. The van der Waals surface area contributed by atoms with E-state index in [1.807, 2.05) is 32.0 Å². The highest BCUT2D eigenvalue weighted by Crippen LogP contribution is 2.19. The van der Waals surface area contributed by atoms with Gasteiger partial charge in [-0.1, -0.05) is 13.8 Å². The minimum absolute atomic E-state index is 0.164. The SMILES string of the molecule is CC(C)CC(O)CNC(=O)c1cc(I)ccc1Br. The molecule has 0 saturated carbocycles. The van der Waals surface area contributed by atoms with Crippen LogP contribution in [0.3, 0.4) is 0 Å². The number of carbonyl (C=O) groups is 1. The summed E-state index contributed by atoms with van der Waals surface area (Å²) in [6.07, 6.45) is 0.198. The van der Waals surface area contributed by atoms with Crippen molar-refractivity contribution in [3.05, 3.63) is 31.8 Å². The van der Waals surface area contributed by atoms with E-state index in [1.165, 1.54) is 0 Å². The number of rotatable bonds is 5. The molecule has 0 aliphatic rings. The normalized spacial score (nSPS) is 12.6. The van der Waals surface area contributed by atoms with Gasteiger partial charge in [0.2, 0.25) is 0 Å². The molecule has 5 heteroatoms. The number of benzene rings is 1. The fourth-order valence-corrected chi connectivity index (χ4v) is 2.52. The second-order valence-electron chi connectivity index (χ2n) is 4.62. The Kier molecular flexibility index (Phi) is 6.59. The zero-order valence-electron chi connectivity index (χ0n) is 10.4. The Morgan fingerprint density at radius 3 is 2.78 bits per heavy atom. The van der Waals surface area contributed by atoms with Crippen LogP contribution in [0.2, 0.25) is 0 Å². The summed E-state index contributed by atoms with van der Waals surface area (Å²) >= 11 is 5.51. The van der Waals surface area contributed by atoms with Gasteiger partial charge in [-0.3, -0.25) is 4.79 Å². The first-order chi connectivity index (χ1) is 8.40. The molecule has 0 aliphatic carbocycles. The quantitative estimate of drug-likeness (QED) is 0.711. The van der Waals surface area contributed by atoms with Crippen LogP contribution in [0.5, 0.6) is 0 Å². The highest BCUT2D eigenvalue weighted by atomic mass is 127. The topological polar surface area (TPSA) is 49.3 Å². The summed E-state index contributed by atoms with van der Waals surface area (Å²) in [4.78, 5) is 12.0. The van der Waals surface area contributed by atoms with Gasteiger partial charge in [-0.05, 0) is 69.1 Å². The summed E-state index contributed by atoms with van der Waals surface area (Å²) in [6, 6.07) is 5.59. The molecule has 1 unspecified atom stereocenters. The molecule has 2 N–H and O–H groups in total. The van der Waals surface area contributed by atoms with Gasteiger partial charge in [0, 0.05) is 14.6 Å². The molecule has 1 amide bonds. The summed E-state index contributed by atoms with van der Waals surface area (Å²) in [6.45, 7) is 4.37. The van der Waals surface area contributed by atoms with Crippen LogP contribution in [0.1, 0.15) is 30.6 Å². The van der Waals surface area contributed by atoms with E-state index in [2.05, 4.69) is 43.8 Å². The molecule has 3 nitrogen and oxygen atoms in total. The first kappa shape index (κ1) is 15.9. The standard InChI is InChI=1S/C13H17BrINO2/c1-8(2)5-10(17)7-16-13(18)11-6-9(15)3-4-12(11)14/h3-4,6,8,10,17H,5,7H2,1-2H3,(H,16,18). The lowest BCUT2D eigenvalue weighted by molar-refractivity contribution is 0.0899. The Bertz CT molecular complexity index is 423. The first-order valence-corrected chi connectivity index (χ1v) is 7.68. The summed E-state index contributed by atoms with van der Waals surface area (Å²) in [5, 5.41) is 12.5. The number of hydrogen-bond donors (Lipinski definition) is 2. The van der Waals surface area contributed by atoms with Crippen LogP contribution in [-0.4, -0.2) is 23.7 Å². The van der Waals surface area contributed by atoms with Crippen molar-refractivity contribution in [2.75, 3.05) is 6.54 Å². The molecular formula is C13H17BrINO2. The van der Waals surface area contributed by atoms with Crippen molar-refractivity contribution in [2.45, 2.75) is 26.4 Å². The Balaban J connectivity index is 2.58. The van der Waals surface area contributed by atoms with Gasteiger partial charge in [0.25, 0.3) is 5.91 Å². The van der Waals surface area contributed by atoms with Crippen molar-refractivity contribution in [2.24, 2.45) is 5.92 Å². The Labute approximate surface area is 130 Å². The summed E-state index contributed by atoms with van der Waals surface area (Å²) in [5.74, 6) is 0.254. The Morgan fingerprint density at radius 2 is 2.17 bits per heavy atom. The summed E-state index contributed by atoms with van der Waals surface area (Å²) < 4.78 is 1.77. The highest BCUT2D eigenvalue weighted by molar-refractivity contribution is 14.1. The van der Waals surface area contributed by atoms with Crippen LogP contribution in [0, 0.1) is 9.49 Å². The maximum Gasteiger partial charge on any atom is 0.252 e. The van der Waals surface area contributed by atoms with E-state index in [0.29, 0.717) is 17.9 Å². The monoisotopic (exact) mass is 425 g/mol. The number of halogens is 2. The Morgan fingerprint density at radius 1 is 1.50 bits per heavy atom. The molecule has 0 aliphatic heterocycles. The fraction of sp³-hybridized carbons (Fsp3) is 0.462. The molecule has 0 bridgehead atoms. The molecule has 1 aromatic carbocycles. The molecule has 18 heavy (non-hydrogen) atoms. The van der Waals surface area contributed by atoms with E-state index in [-0.39, 0.29) is 12.5 Å². The van der Waals surface area contributed by atoms with Crippen LogP contribution < -0.4 is 5.32 Å². The molecule has 0 aromatic heterocycles. The van der Waals surface area contributed by atoms with Gasteiger partial charge in [0.1, 0.15) is 0 Å². The lowest BCUT2D eigenvalue weighted by atomic mass is 10.1. The lowest BCUT2D eigenvalue weighted by Gasteiger charge is -2.14. The average Bonchev–Trinajstić information content (AvgIpc) is 2.28. The lowest BCUT2D eigenvalue weighted by Crippen LogP contribution is -2.33. The molecule has 0 heterocycles. The number of aliphatic hydroxyl groups is 1. The molecule has 1 rings (SSSR count). The van der Waals surface area contributed by atoms with E-state index >= 15 is 0 Å². The third kappa shape index (κ3) is 5.24. The molecule has 0 fully saturated rings. The van der Waals surface area contributed by atoms with Crippen LogP contribution in [0.4, 0.5) is 0 Å². The van der Waals surface area contributed by atoms with Gasteiger partial charge < -0.3 is 10.4 Å². The van der Waals surface area contributed by atoms with Gasteiger partial charge in [-0.15, -0.1) is 0 Å². The van der Waals surface area contributed by atoms with E-state index in [1.54, 1.807) is 0 Å². The van der Waals surface area contributed by atoms with E-state index in [9.17, 15) is 9.90 Å². The van der Waals surface area contributed by atoms with Crippen molar-refractivity contribution in [3.63, 3.8) is 0 Å². The molecule has 1 atom stereocenters. The van der Waals surface area contributed by atoms with E-state index < -0.39 is 6.10 Å². The second kappa shape index (κ2) is 7.45. The van der Waals surface area contributed by atoms with E-state index in [4.69, 9.17) is 0 Å². The van der Waals surface area contributed by atoms with Crippen LogP contribution in [-0.2, 0) is 0 Å². The third-order valence-corrected chi connectivity index (χ3v) is 3.78. The number of hydrogen-bond acceptors (Lipinski definition) is 2. The number of nitrogens with one attached hydrogen (secondary N) is 1. The van der Waals surface area contributed by atoms with Crippen molar-refractivity contribution in [1.29, 1.82) is 0 Å². The molecular weight excluding hydrogens is 409 g/mol. The predicted octanol–water partition coefficient (Wildman–Crippen LogP) is 3.19. The number of amides is 1. The van der Waals surface area contributed by atoms with Crippen molar-refractivity contribution in [1.82, 2.24) is 5.32 Å². The van der Waals surface area contributed by atoms with Crippen LogP contribution >= 0.6 is 38.5 Å². The number of aliphatic hydroxyl groups excluding tert-OH is 1. The Hall–Kier alpha value is -0.140. The maximum atomic E-state index is 12.0. The zero-order valence-corrected chi connectivity index (χ0v) is 14.2. The minimum atomic E-state index is -0.490. The smallest absolute Gasteiger partial charge is 0.252 e. The zero-order chi connectivity index (χ0) is 13.7. The van der Waals surface area contributed by atoms with Crippen LogP contribution in [0.25, 0.3) is 0 Å². The van der Waals surface area contributed by atoms with Crippen molar-refractivity contribution in [3.8, 4) is 0 Å². The highest BCUT2D eigenvalue weighted by Gasteiger charge is 2.13. The molecule has 0 saturated heterocycles. The summed E-state index contributed by atoms with van der Waals surface area (Å²) in [7, 11) is 0. The molecule has 100 valence electrons. The number of carbonyl (C=O) groups excluding carboxylic acids is 1. The molecule has 1 aromatic rings. The van der Waals surface area contributed by atoms with E-state index in [0.717, 1.165) is 8.04 Å². The maximum absolute atomic E-state index is 12.0. The van der Waals surface area contributed by atoms with Gasteiger partial charge in [-0.2, -0.15) is 0 Å². The van der Waals surface area contributed by atoms with Crippen LogP contribution in [0.15, 0.2) is 22.7 Å². The summed E-state index contributed by atoms with van der Waals surface area (Å²) in [5.41, 5.74) is 0.596. The minimum Gasteiger partial charge on any atom is -0.391 e. The van der Waals surface area contributed by atoms with Gasteiger partial charge in [0.15, 0.2) is 0 Å². The average molecular weight is 426 g/mol. The van der Waals surface area contributed by atoms with Gasteiger partial charge in [-0.25, -0.2) is 0 Å². The molecule has 0 radical (unpaired) electrons. The first-order valence-electron chi connectivity index (χ1n) is 5.81. The van der Waals surface area contributed by atoms with Crippen molar-refractivity contribution < 1.29 is 9.90 Å². The van der Waals surface area contributed by atoms with Gasteiger partial charge >= 0.3 is 0 Å². The third-order valence-electron chi connectivity index (χ3n) is 2.41. The van der Waals surface area contributed by atoms with Gasteiger partial charge in [0.05, 0.1) is 11.7 Å². The second-order valence-corrected chi connectivity index (χ2v) is 6.72.